The molecule has 0 unspecified atom stereocenters. The summed E-state index contributed by atoms with van der Waals surface area (Å²) < 4.78 is 20.2. The van der Waals surface area contributed by atoms with Crippen molar-refractivity contribution in [1.29, 1.82) is 0 Å². The predicted octanol–water partition coefficient (Wildman–Crippen LogP) is 4.28. The molecule has 0 bridgehead atoms. The van der Waals surface area contributed by atoms with Crippen molar-refractivity contribution in [2.75, 3.05) is 5.32 Å². The van der Waals surface area contributed by atoms with E-state index >= 15 is 0 Å². The van der Waals surface area contributed by atoms with Crippen molar-refractivity contribution < 1.29 is 13.7 Å². The highest BCUT2D eigenvalue weighted by atomic mass is 19.1. The van der Waals surface area contributed by atoms with Gasteiger partial charge in [-0.15, -0.1) is 0 Å². The summed E-state index contributed by atoms with van der Waals surface area (Å²) in [6.07, 6.45) is 4.77. The number of nitrogens with one attached hydrogen (secondary N) is 1. The molecule has 0 atom stereocenters. The molecule has 0 saturated carbocycles. The van der Waals surface area contributed by atoms with Gasteiger partial charge in [-0.05, 0) is 56.2 Å². The molecule has 0 radical (unpaired) electrons. The summed E-state index contributed by atoms with van der Waals surface area (Å²) in [4.78, 5) is 21.5. The van der Waals surface area contributed by atoms with Crippen molar-refractivity contribution in [2.45, 2.75) is 33.6 Å². The van der Waals surface area contributed by atoms with E-state index in [0.717, 1.165) is 12.8 Å². The highest BCUT2D eigenvalue weighted by molar-refractivity contribution is 6.05. The number of amides is 1. The van der Waals surface area contributed by atoms with Crippen molar-refractivity contribution in [3.63, 3.8) is 0 Å². The van der Waals surface area contributed by atoms with E-state index in [1.54, 1.807) is 36.9 Å². The van der Waals surface area contributed by atoms with Gasteiger partial charge in [0.25, 0.3) is 11.8 Å². The van der Waals surface area contributed by atoms with Gasteiger partial charge >= 0.3 is 0 Å². The number of carbonyl (C=O) groups excluding carboxylic acids is 1. The number of hydrogen-bond acceptors (Lipinski definition) is 6. The Morgan fingerprint density at radius 1 is 1.23 bits per heavy atom. The third-order valence-corrected chi connectivity index (χ3v) is 4.84. The molecule has 8 nitrogen and oxygen atoms in total. The van der Waals surface area contributed by atoms with Gasteiger partial charge in [0.05, 0.1) is 17.5 Å². The van der Waals surface area contributed by atoms with E-state index in [1.807, 2.05) is 6.92 Å². The first-order chi connectivity index (χ1) is 15.0. The van der Waals surface area contributed by atoms with Gasteiger partial charge in [0.15, 0.2) is 11.6 Å². The standard InChI is InChI=1S/C22H21FN6O2/c1-4-5-19-27-22(31-28-19)15-8-9-24-20(11-15)29-14(3)17(12-25-29)21(30)26-18-7-6-16(23)10-13(18)2/h6-12H,4-5H2,1-3H3,(H,26,30). The SMILES string of the molecule is CCCc1noc(-c2ccnc(-n3ncc(C(=O)Nc4ccc(F)cc4C)c3C)c2)n1. The normalized spacial score (nSPS) is 11.0. The first-order valence-corrected chi connectivity index (χ1v) is 9.87. The monoisotopic (exact) mass is 420 g/mol. The molecular weight excluding hydrogens is 399 g/mol. The quantitative estimate of drug-likeness (QED) is 0.500. The van der Waals surface area contributed by atoms with E-state index in [2.05, 4.69) is 25.5 Å². The van der Waals surface area contributed by atoms with E-state index < -0.39 is 0 Å². The molecule has 31 heavy (non-hydrogen) atoms. The van der Waals surface area contributed by atoms with E-state index in [9.17, 15) is 9.18 Å². The Balaban J connectivity index is 1.59. The molecule has 3 heterocycles. The minimum atomic E-state index is -0.353. The Hall–Kier alpha value is -3.88. The molecular formula is C22H21FN6O2. The Morgan fingerprint density at radius 2 is 2.06 bits per heavy atom. The van der Waals surface area contributed by atoms with Crippen LogP contribution in [0.5, 0.6) is 0 Å². The van der Waals surface area contributed by atoms with Crippen LogP contribution in [0.3, 0.4) is 0 Å². The van der Waals surface area contributed by atoms with Crippen LogP contribution in [0.2, 0.25) is 0 Å². The lowest BCUT2D eigenvalue weighted by atomic mass is 10.1. The zero-order chi connectivity index (χ0) is 22.0. The van der Waals surface area contributed by atoms with Crippen LogP contribution in [-0.2, 0) is 6.42 Å². The van der Waals surface area contributed by atoms with E-state index in [0.29, 0.717) is 45.6 Å². The highest BCUT2D eigenvalue weighted by Crippen LogP contribution is 2.22. The van der Waals surface area contributed by atoms with Gasteiger partial charge in [-0.2, -0.15) is 10.1 Å². The van der Waals surface area contributed by atoms with Crippen molar-refractivity contribution in [3.05, 3.63) is 71.2 Å². The van der Waals surface area contributed by atoms with Crippen LogP contribution in [0, 0.1) is 19.7 Å². The Labute approximate surface area is 178 Å². The van der Waals surface area contributed by atoms with Gasteiger partial charge in [-0.3, -0.25) is 4.79 Å². The minimum absolute atomic E-state index is 0.337. The minimum Gasteiger partial charge on any atom is -0.334 e. The van der Waals surface area contributed by atoms with E-state index in [1.165, 1.54) is 24.4 Å². The van der Waals surface area contributed by atoms with Gasteiger partial charge in [-0.25, -0.2) is 14.1 Å². The van der Waals surface area contributed by atoms with Crippen LogP contribution in [0.1, 0.15) is 40.8 Å². The summed E-state index contributed by atoms with van der Waals surface area (Å²) in [5, 5.41) is 11.1. The number of carbonyl (C=O) groups is 1. The molecule has 4 rings (SSSR count). The number of rotatable bonds is 6. The first-order valence-electron chi connectivity index (χ1n) is 9.87. The van der Waals surface area contributed by atoms with Crippen molar-refractivity contribution in [3.8, 4) is 17.3 Å². The second-order valence-electron chi connectivity index (χ2n) is 7.14. The van der Waals surface area contributed by atoms with Crippen LogP contribution < -0.4 is 5.32 Å². The summed E-state index contributed by atoms with van der Waals surface area (Å²) in [6, 6.07) is 7.75. The predicted molar refractivity (Wildman–Crippen MR) is 112 cm³/mol. The molecule has 1 aromatic carbocycles. The van der Waals surface area contributed by atoms with Gasteiger partial charge < -0.3 is 9.84 Å². The maximum Gasteiger partial charge on any atom is 0.259 e. The summed E-state index contributed by atoms with van der Waals surface area (Å²) in [6.45, 7) is 5.56. The van der Waals surface area contributed by atoms with Gasteiger partial charge in [-0.1, -0.05) is 12.1 Å². The summed E-state index contributed by atoms with van der Waals surface area (Å²) >= 11 is 0. The van der Waals surface area contributed by atoms with E-state index in [-0.39, 0.29) is 11.7 Å². The number of hydrogen-bond donors (Lipinski definition) is 1. The maximum atomic E-state index is 13.3. The van der Waals surface area contributed by atoms with Crippen molar-refractivity contribution in [2.24, 2.45) is 0 Å². The highest BCUT2D eigenvalue weighted by Gasteiger charge is 2.18. The molecule has 1 N–H and O–H groups in total. The molecule has 158 valence electrons. The van der Waals surface area contributed by atoms with E-state index in [4.69, 9.17) is 4.52 Å². The molecule has 4 aromatic rings. The largest absolute Gasteiger partial charge is 0.334 e. The Bertz CT molecular complexity index is 1250. The number of aryl methyl sites for hydroxylation is 2. The fraction of sp³-hybridized carbons (Fsp3) is 0.227. The Kier molecular flexibility index (Phi) is 5.57. The lowest BCUT2D eigenvalue weighted by Crippen LogP contribution is -2.14. The summed E-state index contributed by atoms with van der Waals surface area (Å²) in [5.74, 6) is 0.884. The van der Waals surface area contributed by atoms with Crippen molar-refractivity contribution >= 4 is 11.6 Å². The molecule has 9 heteroatoms. The van der Waals surface area contributed by atoms with Gasteiger partial charge in [0.2, 0.25) is 0 Å². The molecule has 0 fully saturated rings. The van der Waals surface area contributed by atoms with Crippen LogP contribution in [0.25, 0.3) is 17.3 Å². The van der Waals surface area contributed by atoms with Crippen molar-refractivity contribution in [1.82, 2.24) is 24.9 Å². The average Bonchev–Trinajstić information content (AvgIpc) is 3.37. The molecule has 0 aliphatic rings. The molecule has 0 saturated heterocycles. The fourth-order valence-electron chi connectivity index (χ4n) is 3.18. The van der Waals surface area contributed by atoms with Gasteiger partial charge in [0.1, 0.15) is 5.82 Å². The zero-order valence-electron chi connectivity index (χ0n) is 17.4. The third-order valence-electron chi connectivity index (χ3n) is 4.84. The van der Waals surface area contributed by atoms with Crippen LogP contribution in [-0.4, -0.2) is 30.8 Å². The van der Waals surface area contributed by atoms with Gasteiger partial charge in [0, 0.05) is 23.9 Å². The molecule has 1 amide bonds. The lowest BCUT2D eigenvalue weighted by molar-refractivity contribution is 0.102. The topological polar surface area (TPSA) is 98.7 Å². The summed E-state index contributed by atoms with van der Waals surface area (Å²) in [7, 11) is 0. The second kappa shape index (κ2) is 8.47. The number of benzene rings is 1. The molecule has 0 aliphatic heterocycles. The molecule has 0 spiro atoms. The number of nitrogens with zero attached hydrogens (tertiary/aromatic N) is 5. The molecule has 0 aliphatic carbocycles. The number of aromatic nitrogens is 5. The first kappa shape index (κ1) is 20.4. The summed E-state index contributed by atoms with van der Waals surface area (Å²) in [5.41, 5.74) is 2.88. The number of halogens is 1. The lowest BCUT2D eigenvalue weighted by Gasteiger charge is -2.09. The van der Waals surface area contributed by atoms with Crippen LogP contribution >= 0.6 is 0 Å². The second-order valence-corrected chi connectivity index (χ2v) is 7.14. The maximum absolute atomic E-state index is 13.3. The number of anilines is 1. The number of pyridine rings is 1. The third kappa shape index (κ3) is 4.20. The average molecular weight is 420 g/mol. The molecule has 3 aromatic heterocycles. The smallest absolute Gasteiger partial charge is 0.259 e. The van der Waals surface area contributed by atoms with Crippen LogP contribution in [0.15, 0.2) is 47.2 Å². The Morgan fingerprint density at radius 3 is 2.84 bits per heavy atom. The van der Waals surface area contributed by atoms with Crippen LogP contribution in [0.4, 0.5) is 10.1 Å². The zero-order valence-corrected chi connectivity index (χ0v) is 17.4. The fourth-order valence-corrected chi connectivity index (χ4v) is 3.18.